The molecule has 4 rings (SSSR count). The summed E-state index contributed by atoms with van der Waals surface area (Å²) >= 11 is 0. The van der Waals surface area contributed by atoms with Crippen molar-refractivity contribution in [3.63, 3.8) is 0 Å². The number of nitrogens with zero attached hydrogens (tertiary/aromatic N) is 3. The number of rotatable bonds is 1. The molecule has 2 aromatic rings. The Labute approximate surface area is 120 Å². The summed E-state index contributed by atoms with van der Waals surface area (Å²) in [6, 6.07) is 15.2. The van der Waals surface area contributed by atoms with E-state index in [2.05, 4.69) is 83.9 Å². The van der Waals surface area contributed by atoms with E-state index in [0.717, 1.165) is 6.54 Å². The van der Waals surface area contributed by atoms with Gasteiger partial charge in [-0.2, -0.15) is 0 Å². The minimum atomic E-state index is 0.0646. The molecular formula is C17H20N3+. The van der Waals surface area contributed by atoms with Gasteiger partial charge >= 0.3 is 0 Å². The summed E-state index contributed by atoms with van der Waals surface area (Å²) in [5.74, 6) is 1.28. The molecule has 3 heteroatoms. The van der Waals surface area contributed by atoms with E-state index in [1.165, 1.54) is 17.1 Å². The highest BCUT2D eigenvalue weighted by Gasteiger charge is 2.59. The highest BCUT2D eigenvalue weighted by atomic mass is 15.5. The van der Waals surface area contributed by atoms with Gasteiger partial charge in [0.1, 0.15) is 0 Å². The Kier molecular flexibility index (Phi) is 2.21. The summed E-state index contributed by atoms with van der Waals surface area (Å²) in [4.78, 5) is 5.07. The first-order valence-corrected chi connectivity index (χ1v) is 7.23. The maximum atomic E-state index is 2.55. The third kappa shape index (κ3) is 1.28. The number of benzene rings is 1. The molecule has 2 bridgehead atoms. The van der Waals surface area contributed by atoms with Gasteiger partial charge in [-0.1, -0.05) is 24.3 Å². The number of aryl methyl sites for hydroxylation is 1. The first-order chi connectivity index (χ1) is 9.63. The number of para-hydroxylation sites is 1. The summed E-state index contributed by atoms with van der Waals surface area (Å²) < 4.78 is 2.21. The molecule has 20 heavy (non-hydrogen) atoms. The van der Waals surface area contributed by atoms with Crippen LogP contribution in [0, 0.1) is 0 Å². The van der Waals surface area contributed by atoms with Gasteiger partial charge in [0, 0.05) is 17.3 Å². The first kappa shape index (κ1) is 11.8. The van der Waals surface area contributed by atoms with Crippen molar-refractivity contribution in [2.24, 2.45) is 7.05 Å². The number of hydrogen-bond acceptors (Lipinski definition) is 2. The molecule has 0 saturated carbocycles. The van der Waals surface area contributed by atoms with Crippen LogP contribution < -0.4 is 14.4 Å². The van der Waals surface area contributed by atoms with E-state index in [0.29, 0.717) is 6.17 Å². The van der Waals surface area contributed by atoms with Gasteiger partial charge in [-0.15, -0.1) is 0 Å². The molecule has 2 aliphatic rings. The fourth-order valence-electron chi connectivity index (χ4n) is 3.98. The molecule has 102 valence electrons. The molecule has 0 spiro atoms. The Bertz CT molecular complexity index is 681. The van der Waals surface area contributed by atoms with Gasteiger partial charge in [-0.05, 0) is 26.0 Å². The normalized spacial score (nSPS) is 27.1. The van der Waals surface area contributed by atoms with Gasteiger partial charge in [0.15, 0.2) is 11.7 Å². The topological polar surface area (TPSA) is 10.4 Å². The third-order valence-corrected chi connectivity index (χ3v) is 4.90. The van der Waals surface area contributed by atoms with Gasteiger partial charge in [0.05, 0.1) is 19.8 Å². The molecule has 0 amide bonds. The van der Waals surface area contributed by atoms with E-state index >= 15 is 0 Å². The van der Waals surface area contributed by atoms with E-state index in [-0.39, 0.29) is 5.54 Å². The first-order valence-electron chi connectivity index (χ1n) is 7.23. The number of aromatic nitrogens is 1. The van der Waals surface area contributed by atoms with Crippen molar-refractivity contribution in [2.45, 2.75) is 25.6 Å². The SMILES string of the molecule is CC1N2CC(C)(c3ccccc32)N1c1cccc[n+]1C. The molecule has 0 radical (unpaired) electrons. The highest BCUT2D eigenvalue weighted by Crippen LogP contribution is 2.51. The predicted molar refractivity (Wildman–Crippen MR) is 80.7 cm³/mol. The predicted octanol–water partition coefficient (Wildman–Crippen LogP) is 2.41. The molecule has 2 atom stereocenters. The van der Waals surface area contributed by atoms with Crippen molar-refractivity contribution in [3.8, 4) is 0 Å². The monoisotopic (exact) mass is 266 g/mol. The van der Waals surface area contributed by atoms with Gasteiger partial charge in [-0.3, -0.25) is 0 Å². The van der Waals surface area contributed by atoms with Crippen LogP contribution in [-0.4, -0.2) is 12.7 Å². The Morgan fingerprint density at radius 2 is 1.90 bits per heavy atom. The van der Waals surface area contributed by atoms with E-state index in [4.69, 9.17) is 0 Å². The second kappa shape index (κ2) is 3.75. The van der Waals surface area contributed by atoms with Crippen LogP contribution in [0.15, 0.2) is 48.7 Å². The van der Waals surface area contributed by atoms with Gasteiger partial charge < -0.3 is 4.90 Å². The second-order valence-corrected chi connectivity index (χ2v) is 6.09. The van der Waals surface area contributed by atoms with Crippen molar-refractivity contribution >= 4 is 11.5 Å². The smallest absolute Gasteiger partial charge is 0.278 e. The average Bonchev–Trinajstić information content (AvgIpc) is 2.89. The zero-order valence-corrected chi connectivity index (χ0v) is 12.2. The molecule has 1 fully saturated rings. The average molecular weight is 266 g/mol. The summed E-state index contributed by atoms with van der Waals surface area (Å²) in [6.45, 7) is 5.74. The summed E-state index contributed by atoms with van der Waals surface area (Å²) in [5.41, 5.74) is 2.91. The van der Waals surface area contributed by atoms with Crippen LogP contribution in [0.25, 0.3) is 0 Å². The number of fused-ring (bicyclic) bond motifs is 5. The van der Waals surface area contributed by atoms with Crippen LogP contribution in [0.1, 0.15) is 19.4 Å². The Morgan fingerprint density at radius 3 is 2.70 bits per heavy atom. The largest absolute Gasteiger partial charge is 0.328 e. The van der Waals surface area contributed by atoms with Crippen LogP contribution in [0.4, 0.5) is 11.5 Å². The summed E-state index contributed by atoms with van der Waals surface area (Å²) in [7, 11) is 2.12. The van der Waals surface area contributed by atoms with Crippen molar-refractivity contribution in [1.29, 1.82) is 0 Å². The quantitative estimate of drug-likeness (QED) is 0.734. The minimum absolute atomic E-state index is 0.0646. The second-order valence-electron chi connectivity index (χ2n) is 6.09. The lowest BCUT2D eigenvalue weighted by Crippen LogP contribution is -2.52. The lowest BCUT2D eigenvalue weighted by molar-refractivity contribution is -0.659. The van der Waals surface area contributed by atoms with Gasteiger partial charge in [0.2, 0.25) is 0 Å². The Morgan fingerprint density at radius 1 is 1.15 bits per heavy atom. The standard InChI is InChI=1S/C17H20N3/c1-13-19-12-17(2,14-8-4-5-9-15(14)19)20(13)16-10-6-7-11-18(16)3/h4-11,13H,12H2,1-3H3/q+1. The summed E-state index contributed by atoms with van der Waals surface area (Å²) in [5, 5.41) is 0. The van der Waals surface area contributed by atoms with Crippen LogP contribution >= 0.6 is 0 Å². The van der Waals surface area contributed by atoms with Crippen LogP contribution in [0.3, 0.4) is 0 Å². The van der Waals surface area contributed by atoms with Crippen molar-refractivity contribution in [3.05, 3.63) is 54.2 Å². The summed E-state index contributed by atoms with van der Waals surface area (Å²) in [6.07, 6.45) is 2.52. The molecule has 2 unspecified atom stereocenters. The van der Waals surface area contributed by atoms with Crippen molar-refractivity contribution in [1.82, 2.24) is 0 Å². The number of anilines is 2. The molecule has 0 aliphatic carbocycles. The van der Waals surface area contributed by atoms with Crippen LogP contribution in [-0.2, 0) is 12.6 Å². The molecule has 2 aliphatic heterocycles. The molecule has 0 N–H and O–H groups in total. The van der Waals surface area contributed by atoms with Gasteiger partial charge in [0.25, 0.3) is 5.82 Å². The Balaban J connectivity index is 1.91. The fraction of sp³-hybridized carbons (Fsp3) is 0.353. The van der Waals surface area contributed by atoms with Crippen molar-refractivity contribution < 1.29 is 4.57 Å². The number of pyridine rings is 1. The molecule has 1 aromatic heterocycles. The van der Waals surface area contributed by atoms with Crippen molar-refractivity contribution in [2.75, 3.05) is 16.3 Å². The lowest BCUT2D eigenvalue weighted by Gasteiger charge is -2.36. The fourth-order valence-corrected chi connectivity index (χ4v) is 3.98. The van der Waals surface area contributed by atoms with Crippen LogP contribution in [0.5, 0.6) is 0 Å². The van der Waals surface area contributed by atoms with E-state index < -0.39 is 0 Å². The maximum Gasteiger partial charge on any atom is 0.278 e. The maximum absolute atomic E-state index is 2.55. The number of hydrogen-bond donors (Lipinski definition) is 0. The molecule has 1 saturated heterocycles. The zero-order chi connectivity index (χ0) is 13.9. The van der Waals surface area contributed by atoms with E-state index in [1.54, 1.807) is 0 Å². The minimum Gasteiger partial charge on any atom is -0.328 e. The molecular weight excluding hydrogens is 246 g/mol. The van der Waals surface area contributed by atoms with E-state index in [9.17, 15) is 0 Å². The van der Waals surface area contributed by atoms with Crippen LogP contribution in [0.2, 0.25) is 0 Å². The zero-order valence-electron chi connectivity index (χ0n) is 12.2. The van der Waals surface area contributed by atoms with E-state index in [1.807, 2.05) is 0 Å². The molecule has 3 heterocycles. The Hall–Kier alpha value is -2.03. The lowest BCUT2D eigenvalue weighted by atomic mass is 9.92. The third-order valence-electron chi connectivity index (χ3n) is 4.90. The molecule has 3 nitrogen and oxygen atoms in total. The molecule has 1 aromatic carbocycles. The highest BCUT2D eigenvalue weighted by molar-refractivity contribution is 5.71. The van der Waals surface area contributed by atoms with Gasteiger partial charge in [-0.25, -0.2) is 9.47 Å².